The molecule has 1 saturated heterocycles. The molecule has 2 heterocycles. The van der Waals surface area contributed by atoms with Gasteiger partial charge in [-0.3, -0.25) is 4.79 Å². The van der Waals surface area contributed by atoms with E-state index in [-0.39, 0.29) is 6.04 Å². The van der Waals surface area contributed by atoms with Gasteiger partial charge in [0.15, 0.2) is 0 Å². The number of carbonyl (C=O) groups excluding carboxylic acids is 1. The minimum atomic E-state index is -4.52. The van der Waals surface area contributed by atoms with E-state index >= 15 is 0 Å². The maximum Gasteiger partial charge on any atom is 0.397 e. The van der Waals surface area contributed by atoms with E-state index in [1.165, 1.54) is 0 Å². The van der Waals surface area contributed by atoms with Crippen molar-refractivity contribution in [1.82, 2.24) is 15.3 Å². The summed E-state index contributed by atoms with van der Waals surface area (Å²) in [6.07, 6.45) is -3.84. The van der Waals surface area contributed by atoms with E-state index in [0.29, 0.717) is 42.5 Å². The number of anilines is 3. The van der Waals surface area contributed by atoms with Gasteiger partial charge in [0.25, 0.3) is 0 Å². The molecule has 0 spiro atoms. The van der Waals surface area contributed by atoms with Gasteiger partial charge in [0, 0.05) is 36.6 Å². The van der Waals surface area contributed by atoms with Crippen LogP contribution in [0.5, 0.6) is 0 Å². The third-order valence-electron chi connectivity index (χ3n) is 4.76. The summed E-state index contributed by atoms with van der Waals surface area (Å²) in [4.78, 5) is 22.6. The van der Waals surface area contributed by atoms with Crippen LogP contribution in [0.3, 0.4) is 0 Å². The van der Waals surface area contributed by atoms with Crippen LogP contribution in [0.2, 0.25) is 0 Å². The van der Waals surface area contributed by atoms with Crippen molar-refractivity contribution >= 4 is 23.4 Å². The number of alkyl halides is 3. The largest absolute Gasteiger partial charge is 0.397 e. The zero-order valence-electron chi connectivity index (χ0n) is 17.0. The first-order valence-electron chi connectivity index (χ1n) is 10.0. The van der Waals surface area contributed by atoms with Crippen molar-refractivity contribution in [3.05, 3.63) is 41.6 Å². The number of halogens is 3. The van der Waals surface area contributed by atoms with E-state index in [2.05, 4.69) is 26.7 Å². The molecule has 1 aliphatic rings. The maximum absolute atomic E-state index is 12.4. The third-order valence-corrected chi connectivity index (χ3v) is 4.76. The van der Waals surface area contributed by atoms with Gasteiger partial charge in [-0.25, -0.2) is 4.98 Å². The van der Waals surface area contributed by atoms with Crippen molar-refractivity contribution in [3.63, 3.8) is 0 Å². The van der Waals surface area contributed by atoms with Gasteiger partial charge in [0.1, 0.15) is 12.2 Å². The average molecular weight is 432 g/mol. The second kappa shape index (κ2) is 9.64. The molecule has 0 saturated carbocycles. The van der Waals surface area contributed by atoms with Crippen molar-refractivity contribution in [2.45, 2.75) is 44.8 Å². The number of nitriles is 1. The van der Waals surface area contributed by atoms with Crippen LogP contribution in [-0.4, -0.2) is 41.2 Å². The molecule has 1 aromatic heterocycles. The molecule has 0 bridgehead atoms. The first kappa shape index (κ1) is 22.3. The van der Waals surface area contributed by atoms with E-state index in [1.807, 2.05) is 17.9 Å². The number of hydrogen-bond donors (Lipinski definition) is 2. The van der Waals surface area contributed by atoms with E-state index in [1.54, 1.807) is 24.3 Å². The average Bonchev–Trinajstić information content (AvgIpc) is 3.15. The third kappa shape index (κ3) is 6.57. The molecule has 1 aliphatic heterocycles. The quantitative estimate of drug-likeness (QED) is 0.693. The van der Waals surface area contributed by atoms with Crippen molar-refractivity contribution < 1.29 is 18.0 Å². The minimum absolute atomic E-state index is 0.371. The summed E-state index contributed by atoms with van der Waals surface area (Å²) >= 11 is 0. The Morgan fingerprint density at radius 1 is 1.32 bits per heavy atom. The van der Waals surface area contributed by atoms with Gasteiger partial charge >= 0.3 is 6.18 Å². The van der Waals surface area contributed by atoms with Crippen molar-refractivity contribution in [3.8, 4) is 6.07 Å². The highest BCUT2D eigenvalue weighted by Crippen LogP contribution is 2.24. The number of benzene rings is 1. The molecule has 3 rings (SSSR count). The van der Waals surface area contributed by atoms with Gasteiger partial charge in [-0.1, -0.05) is 19.4 Å². The fourth-order valence-corrected chi connectivity index (χ4v) is 3.43. The van der Waals surface area contributed by atoms with Crippen LogP contribution in [0.25, 0.3) is 0 Å². The summed E-state index contributed by atoms with van der Waals surface area (Å²) < 4.78 is 37.2. The highest BCUT2D eigenvalue weighted by atomic mass is 19.4. The summed E-state index contributed by atoms with van der Waals surface area (Å²) in [6, 6.07) is 10.5. The minimum Gasteiger partial charge on any atom is -0.354 e. The van der Waals surface area contributed by atoms with E-state index < -0.39 is 18.5 Å². The van der Waals surface area contributed by atoms with E-state index in [4.69, 9.17) is 5.26 Å². The molecular weight excluding hydrogens is 409 g/mol. The topological polar surface area (TPSA) is 93.9 Å². The lowest BCUT2D eigenvalue weighted by atomic mass is 10.2. The molecule has 0 radical (unpaired) electrons. The Bertz CT molecular complexity index is 972. The van der Waals surface area contributed by atoms with Gasteiger partial charge in [-0.15, -0.1) is 0 Å². The van der Waals surface area contributed by atoms with Gasteiger partial charge in [-0.05, 0) is 31.0 Å². The number of amides is 1. The summed E-state index contributed by atoms with van der Waals surface area (Å²) in [6.45, 7) is 2.96. The van der Waals surface area contributed by atoms with Crippen LogP contribution in [0.15, 0.2) is 30.3 Å². The van der Waals surface area contributed by atoms with Gasteiger partial charge in [0.05, 0.1) is 11.6 Å². The SMILES string of the molecule is CCCc1cc(N2CCC(NC(=O)CC(F)(F)F)C2)nc(Nc2cccc(C#N)c2)n1. The molecule has 1 amide bonds. The Labute approximate surface area is 178 Å². The highest BCUT2D eigenvalue weighted by molar-refractivity contribution is 5.77. The normalized spacial score (nSPS) is 16.1. The molecular formula is C21H23F3N6O. The first-order chi connectivity index (χ1) is 14.8. The second-order valence-electron chi connectivity index (χ2n) is 7.40. The number of carbonyl (C=O) groups is 1. The molecule has 164 valence electrons. The summed E-state index contributed by atoms with van der Waals surface area (Å²) in [5, 5.41) is 14.6. The Morgan fingerprint density at radius 2 is 2.13 bits per heavy atom. The molecule has 2 aromatic rings. The Balaban J connectivity index is 1.73. The lowest BCUT2D eigenvalue weighted by molar-refractivity contribution is -0.154. The molecule has 1 unspecified atom stereocenters. The fraction of sp³-hybridized carbons (Fsp3) is 0.429. The number of aryl methyl sites for hydroxylation is 1. The Hall–Kier alpha value is -3.35. The predicted octanol–water partition coefficient (Wildman–Crippen LogP) is 3.69. The van der Waals surface area contributed by atoms with Crippen molar-refractivity contribution in [1.29, 1.82) is 5.26 Å². The van der Waals surface area contributed by atoms with Gasteiger partial charge < -0.3 is 15.5 Å². The monoisotopic (exact) mass is 432 g/mol. The zero-order valence-corrected chi connectivity index (χ0v) is 17.0. The number of hydrogen-bond acceptors (Lipinski definition) is 6. The second-order valence-corrected chi connectivity index (χ2v) is 7.40. The first-order valence-corrected chi connectivity index (χ1v) is 10.0. The molecule has 31 heavy (non-hydrogen) atoms. The molecule has 2 N–H and O–H groups in total. The highest BCUT2D eigenvalue weighted by Gasteiger charge is 2.33. The Kier molecular flexibility index (Phi) is 6.95. The van der Waals surface area contributed by atoms with Crippen LogP contribution in [0, 0.1) is 11.3 Å². The smallest absolute Gasteiger partial charge is 0.354 e. The predicted molar refractivity (Wildman–Crippen MR) is 110 cm³/mol. The molecule has 10 heteroatoms. The maximum atomic E-state index is 12.4. The lowest BCUT2D eigenvalue weighted by Crippen LogP contribution is -2.39. The van der Waals surface area contributed by atoms with Crippen molar-refractivity contribution in [2.75, 3.05) is 23.3 Å². The summed E-state index contributed by atoms with van der Waals surface area (Å²) in [7, 11) is 0. The number of rotatable bonds is 7. The van der Waals surface area contributed by atoms with Crippen LogP contribution >= 0.6 is 0 Å². The van der Waals surface area contributed by atoms with Gasteiger partial charge in [0.2, 0.25) is 11.9 Å². The van der Waals surface area contributed by atoms with Crippen molar-refractivity contribution in [2.24, 2.45) is 0 Å². The van der Waals surface area contributed by atoms with Crippen LogP contribution in [-0.2, 0) is 11.2 Å². The molecule has 0 aliphatic carbocycles. The number of aromatic nitrogens is 2. The summed E-state index contributed by atoms with van der Waals surface area (Å²) in [5.41, 5.74) is 2.01. The Morgan fingerprint density at radius 3 is 2.84 bits per heavy atom. The molecule has 1 atom stereocenters. The summed E-state index contributed by atoms with van der Waals surface area (Å²) in [5.74, 6) is -0.000931. The standard InChI is InChI=1S/C21H23F3N6O/c1-2-4-15-10-18(29-20(27-15)28-16-6-3-5-14(9-16)12-25)30-8-7-17(13-30)26-19(31)11-21(22,23)24/h3,5-6,9-10,17H,2,4,7-8,11,13H2,1H3,(H,26,31)(H,27,28,29). The van der Waals surface area contributed by atoms with Gasteiger partial charge in [-0.2, -0.15) is 23.4 Å². The number of nitrogens with zero attached hydrogens (tertiary/aromatic N) is 4. The lowest BCUT2D eigenvalue weighted by Gasteiger charge is -2.20. The van der Waals surface area contributed by atoms with Crippen LogP contribution < -0.4 is 15.5 Å². The van der Waals surface area contributed by atoms with Crippen LogP contribution in [0.4, 0.5) is 30.6 Å². The fourth-order valence-electron chi connectivity index (χ4n) is 3.43. The molecule has 1 fully saturated rings. The zero-order chi connectivity index (χ0) is 22.4. The molecule has 7 nitrogen and oxygen atoms in total. The van der Waals surface area contributed by atoms with E-state index in [0.717, 1.165) is 18.5 Å². The van der Waals surface area contributed by atoms with Crippen LogP contribution in [0.1, 0.15) is 37.4 Å². The van der Waals surface area contributed by atoms with E-state index in [9.17, 15) is 18.0 Å². The number of nitrogens with one attached hydrogen (secondary N) is 2. The molecule has 1 aromatic carbocycles.